The average Bonchev–Trinajstić information content (AvgIpc) is 2.98. The van der Waals surface area contributed by atoms with Crippen molar-refractivity contribution in [1.29, 1.82) is 0 Å². The molecule has 1 fully saturated rings. The van der Waals surface area contributed by atoms with Crippen LogP contribution in [0.1, 0.15) is 33.1 Å². The third-order valence-electron chi connectivity index (χ3n) is 6.17. The lowest BCUT2D eigenvalue weighted by atomic mass is 9.85. The summed E-state index contributed by atoms with van der Waals surface area (Å²) < 4.78 is 22.0. The van der Waals surface area contributed by atoms with Crippen LogP contribution in [-0.2, 0) is 12.0 Å². The molecule has 132 valence electrons. The Balaban J connectivity index is 1.58. The van der Waals surface area contributed by atoms with Gasteiger partial charge in [-0.3, -0.25) is 9.69 Å². The Morgan fingerprint density at radius 3 is 2.77 bits per heavy atom. The van der Waals surface area contributed by atoms with E-state index in [0.717, 1.165) is 29.7 Å². The summed E-state index contributed by atoms with van der Waals surface area (Å²) in [6.45, 7) is 1.02. The first kappa shape index (κ1) is 14.4. The van der Waals surface area contributed by atoms with E-state index < -0.39 is 5.54 Å². The molecule has 3 unspecified atom stereocenters. The molecule has 0 radical (unpaired) electrons. The Hall–Kier alpha value is -2.73. The maximum Gasteiger partial charge on any atom is 0.231 e. The molecule has 0 amide bonds. The van der Waals surface area contributed by atoms with E-state index in [1.807, 2.05) is 24.3 Å². The molecule has 1 saturated heterocycles. The van der Waals surface area contributed by atoms with E-state index >= 15 is 0 Å². The number of ether oxygens (including phenoxy) is 4. The second kappa shape index (κ2) is 4.51. The Morgan fingerprint density at radius 2 is 1.96 bits per heavy atom. The molecule has 0 bridgehead atoms. The smallest absolute Gasteiger partial charge is 0.231 e. The summed E-state index contributed by atoms with van der Waals surface area (Å²) in [6.07, 6.45) is 0.890. The van der Waals surface area contributed by atoms with Gasteiger partial charge in [0.1, 0.15) is 5.54 Å². The van der Waals surface area contributed by atoms with Crippen LogP contribution in [0, 0.1) is 0 Å². The molecule has 6 nitrogen and oxygen atoms in total. The van der Waals surface area contributed by atoms with E-state index in [1.54, 1.807) is 14.2 Å². The summed E-state index contributed by atoms with van der Waals surface area (Å²) in [6, 6.07) is 7.98. The van der Waals surface area contributed by atoms with Crippen molar-refractivity contribution in [2.24, 2.45) is 0 Å². The standard InChI is InChI=1S/C20H17NO5/c1-23-14-7-10-5-6-21-18-11-3-4-13-17(26-9-25-13)16(11)19(22)20(18,21)12(10)8-15(14)24-2/h3-4,7-8,18H,5-6,9H2,1-2H3. The summed E-state index contributed by atoms with van der Waals surface area (Å²) in [5.41, 5.74) is 3.28. The fourth-order valence-corrected chi connectivity index (χ4v) is 5.09. The molecule has 0 saturated carbocycles. The second-order valence-electron chi connectivity index (χ2n) is 7.07. The van der Waals surface area contributed by atoms with Gasteiger partial charge in [0.05, 0.1) is 25.8 Å². The van der Waals surface area contributed by atoms with Gasteiger partial charge in [-0.15, -0.1) is 0 Å². The van der Waals surface area contributed by atoms with Gasteiger partial charge in [-0.2, -0.15) is 0 Å². The van der Waals surface area contributed by atoms with Crippen molar-refractivity contribution in [3.63, 3.8) is 0 Å². The van der Waals surface area contributed by atoms with Crippen molar-refractivity contribution in [2.75, 3.05) is 27.6 Å². The molecular weight excluding hydrogens is 334 g/mol. The average molecular weight is 351 g/mol. The largest absolute Gasteiger partial charge is 0.493 e. The number of hydrogen-bond acceptors (Lipinski definition) is 6. The molecule has 2 aromatic carbocycles. The molecule has 6 rings (SSSR count). The zero-order valence-electron chi connectivity index (χ0n) is 14.5. The van der Waals surface area contributed by atoms with Gasteiger partial charge in [-0.05, 0) is 41.3 Å². The first-order valence-corrected chi connectivity index (χ1v) is 8.71. The van der Waals surface area contributed by atoms with Crippen LogP contribution < -0.4 is 18.9 Å². The van der Waals surface area contributed by atoms with Crippen LogP contribution in [0.2, 0.25) is 0 Å². The van der Waals surface area contributed by atoms with E-state index in [-0.39, 0.29) is 18.6 Å². The predicted octanol–water partition coefficient (Wildman–Crippen LogP) is 2.44. The first-order valence-electron chi connectivity index (χ1n) is 8.71. The monoisotopic (exact) mass is 351 g/mol. The number of rotatable bonds is 2. The third-order valence-corrected chi connectivity index (χ3v) is 6.17. The summed E-state index contributed by atoms with van der Waals surface area (Å²) in [5, 5.41) is 0. The van der Waals surface area contributed by atoms with Gasteiger partial charge in [-0.25, -0.2) is 0 Å². The van der Waals surface area contributed by atoms with Crippen LogP contribution >= 0.6 is 0 Å². The van der Waals surface area contributed by atoms with Gasteiger partial charge >= 0.3 is 0 Å². The number of carbonyl (C=O) groups excluding carboxylic acids is 1. The van der Waals surface area contributed by atoms with Gasteiger partial charge in [0.15, 0.2) is 28.8 Å². The number of fused-ring (bicyclic) bond motifs is 6. The minimum Gasteiger partial charge on any atom is -0.493 e. The molecule has 0 N–H and O–H groups in total. The van der Waals surface area contributed by atoms with E-state index in [4.69, 9.17) is 18.9 Å². The van der Waals surface area contributed by atoms with E-state index in [1.165, 1.54) is 0 Å². The molecule has 2 aromatic rings. The van der Waals surface area contributed by atoms with Crippen molar-refractivity contribution in [3.05, 3.63) is 46.5 Å². The predicted molar refractivity (Wildman–Crippen MR) is 91.3 cm³/mol. The van der Waals surface area contributed by atoms with E-state index in [2.05, 4.69) is 4.90 Å². The summed E-state index contributed by atoms with van der Waals surface area (Å²) in [7, 11) is 3.25. The quantitative estimate of drug-likeness (QED) is 0.775. The van der Waals surface area contributed by atoms with E-state index in [0.29, 0.717) is 28.6 Å². The number of benzene rings is 2. The molecule has 3 heterocycles. The van der Waals surface area contributed by atoms with Crippen LogP contribution in [0.3, 0.4) is 0 Å². The molecule has 26 heavy (non-hydrogen) atoms. The van der Waals surface area contributed by atoms with Gasteiger partial charge < -0.3 is 18.9 Å². The highest BCUT2D eigenvalue weighted by Gasteiger charge is 2.75. The number of carbonyl (C=O) groups is 1. The van der Waals surface area contributed by atoms with Gasteiger partial charge in [0, 0.05) is 6.54 Å². The number of ketones is 1. The lowest BCUT2D eigenvalue weighted by molar-refractivity contribution is 0.0907. The van der Waals surface area contributed by atoms with Gasteiger partial charge in [-0.1, -0.05) is 6.07 Å². The van der Waals surface area contributed by atoms with Crippen LogP contribution in [0.5, 0.6) is 23.0 Å². The summed E-state index contributed by atoms with van der Waals surface area (Å²) in [5.74, 6) is 2.72. The van der Waals surface area contributed by atoms with Crippen LogP contribution in [0.15, 0.2) is 24.3 Å². The van der Waals surface area contributed by atoms with Crippen molar-refractivity contribution in [1.82, 2.24) is 4.90 Å². The third kappa shape index (κ3) is 1.39. The van der Waals surface area contributed by atoms with Crippen molar-refractivity contribution >= 4 is 5.78 Å². The highest BCUT2D eigenvalue weighted by molar-refractivity contribution is 6.15. The Bertz CT molecular complexity index is 1000. The van der Waals surface area contributed by atoms with Gasteiger partial charge in [0.2, 0.25) is 6.79 Å². The van der Waals surface area contributed by atoms with E-state index in [9.17, 15) is 4.79 Å². The van der Waals surface area contributed by atoms with Crippen molar-refractivity contribution in [2.45, 2.75) is 18.0 Å². The molecule has 1 spiro atoms. The van der Waals surface area contributed by atoms with Crippen LogP contribution in [-0.4, -0.2) is 38.2 Å². The SMILES string of the molecule is COc1cc2c(cc1OC)C13C(=O)c4c(ccc5c4OCO5)C1N3CC2. The Morgan fingerprint density at radius 1 is 1.15 bits per heavy atom. The highest BCUT2D eigenvalue weighted by atomic mass is 16.7. The number of nitrogens with zero attached hydrogens (tertiary/aromatic N) is 1. The fraction of sp³-hybridized carbons (Fsp3) is 0.350. The zero-order valence-corrected chi connectivity index (χ0v) is 14.5. The topological polar surface area (TPSA) is 57.0 Å². The minimum absolute atomic E-state index is 0.0684. The maximum absolute atomic E-state index is 13.6. The van der Waals surface area contributed by atoms with Crippen LogP contribution in [0.4, 0.5) is 0 Å². The van der Waals surface area contributed by atoms with Crippen LogP contribution in [0.25, 0.3) is 0 Å². The number of methoxy groups -OCH3 is 2. The molecule has 3 atom stereocenters. The Kier molecular flexibility index (Phi) is 2.50. The maximum atomic E-state index is 13.6. The molecular formula is C20H17NO5. The molecule has 1 aliphatic carbocycles. The lowest BCUT2D eigenvalue weighted by Gasteiger charge is -2.26. The summed E-state index contributed by atoms with van der Waals surface area (Å²) >= 11 is 0. The van der Waals surface area contributed by atoms with Gasteiger partial charge in [0.25, 0.3) is 0 Å². The lowest BCUT2D eigenvalue weighted by Crippen LogP contribution is -2.32. The molecule has 3 aliphatic heterocycles. The Labute approximate surface area is 150 Å². The summed E-state index contributed by atoms with van der Waals surface area (Å²) in [4.78, 5) is 15.9. The first-order chi connectivity index (χ1) is 12.7. The van der Waals surface area contributed by atoms with Crippen molar-refractivity contribution < 1.29 is 23.7 Å². The highest BCUT2D eigenvalue weighted by Crippen LogP contribution is 2.70. The molecule has 0 aromatic heterocycles. The number of hydrogen-bond donors (Lipinski definition) is 0. The normalized spacial score (nSPS) is 28.8. The minimum atomic E-state index is -0.628. The zero-order chi connectivity index (χ0) is 17.6. The van der Waals surface area contributed by atoms with Crippen molar-refractivity contribution in [3.8, 4) is 23.0 Å². The fourth-order valence-electron chi connectivity index (χ4n) is 5.09. The molecule has 6 heteroatoms. The molecule has 4 aliphatic rings. The second-order valence-corrected chi connectivity index (χ2v) is 7.07. The number of Topliss-reactive ketones (excluding diaryl/α,β-unsaturated/α-hetero) is 1.